The van der Waals surface area contributed by atoms with Gasteiger partial charge >= 0.3 is 0 Å². The molecule has 0 fully saturated rings. The molecule has 0 spiro atoms. The van der Waals surface area contributed by atoms with Crippen LogP contribution in [-0.4, -0.2) is 26.9 Å². The van der Waals surface area contributed by atoms with Crippen LogP contribution in [0.15, 0.2) is 53.4 Å². The molecule has 1 heterocycles. The monoisotopic (exact) mass is 333 g/mol. The van der Waals surface area contributed by atoms with Crippen molar-refractivity contribution in [3.63, 3.8) is 0 Å². The van der Waals surface area contributed by atoms with Crippen LogP contribution in [-0.2, 0) is 21.2 Å². The van der Waals surface area contributed by atoms with Crippen LogP contribution in [0.5, 0.6) is 11.5 Å². The van der Waals surface area contributed by atoms with Gasteiger partial charge in [-0.15, -0.1) is 0 Å². The van der Waals surface area contributed by atoms with Crippen LogP contribution in [0.25, 0.3) is 0 Å². The summed E-state index contributed by atoms with van der Waals surface area (Å²) >= 11 is 0. The molecule has 0 saturated carbocycles. The van der Waals surface area contributed by atoms with E-state index in [-0.39, 0.29) is 18.2 Å². The van der Waals surface area contributed by atoms with E-state index in [0.717, 1.165) is 5.56 Å². The molecule has 0 aliphatic carbocycles. The summed E-state index contributed by atoms with van der Waals surface area (Å²) in [6.07, 6.45) is 0. The Hall–Kier alpha value is -2.54. The fraction of sp³-hybridized carbons (Fsp3) is 0.188. The quantitative estimate of drug-likeness (QED) is 0.897. The summed E-state index contributed by atoms with van der Waals surface area (Å²) in [6, 6.07) is 13.2. The van der Waals surface area contributed by atoms with Gasteiger partial charge in [-0.1, -0.05) is 24.3 Å². The van der Waals surface area contributed by atoms with Crippen LogP contribution < -0.4 is 14.8 Å². The molecule has 0 saturated heterocycles. The number of carbonyl (C=O) groups is 1. The summed E-state index contributed by atoms with van der Waals surface area (Å²) in [5.41, 5.74) is 0.805. The summed E-state index contributed by atoms with van der Waals surface area (Å²) < 4.78 is 34.7. The van der Waals surface area contributed by atoms with Gasteiger partial charge in [0.05, 0.1) is 4.90 Å². The molecule has 0 bridgehead atoms. The molecule has 2 aromatic rings. The zero-order chi connectivity index (χ0) is 16.3. The van der Waals surface area contributed by atoms with E-state index in [4.69, 9.17) is 9.47 Å². The van der Waals surface area contributed by atoms with Crippen LogP contribution >= 0.6 is 0 Å². The van der Waals surface area contributed by atoms with Gasteiger partial charge in [-0.2, -0.15) is 0 Å². The Balaban J connectivity index is 1.60. The number of rotatable bonds is 5. The van der Waals surface area contributed by atoms with Crippen molar-refractivity contribution >= 4 is 15.7 Å². The molecule has 1 aliphatic rings. The van der Waals surface area contributed by atoms with Crippen molar-refractivity contribution in [3.8, 4) is 11.5 Å². The zero-order valence-corrected chi connectivity index (χ0v) is 13.0. The lowest BCUT2D eigenvalue weighted by molar-refractivity contribution is -0.118. The first-order chi connectivity index (χ1) is 11.0. The predicted molar refractivity (Wildman–Crippen MR) is 82.9 cm³/mol. The smallest absolute Gasteiger partial charge is 0.235 e. The lowest BCUT2D eigenvalue weighted by Crippen LogP contribution is -2.29. The number of carbonyl (C=O) groups excluding carboxylic acids is 1. The van der Waals surface area contributed by atoms with Gasteiger partial charge in [-0.25, -0.2) is 8.42 Å². The van der Waals surface area contributed by atoms with Crippen LogP contribution in [0.3, 0.4) is 0 Å². The first kappa shape index (κ1) is 15.4. The minimum absolute atomic E-state index is 0.137. The lowest BCUT2D eigenvalue weighted by atomic mass is 10.2. The van der Waals surface area contributed by atoms with Crippen molar-refractivity contribution in [3.05, 3.63) is 54.1 Å². The van der Waals surface area contributed by atoms with E-state index in [9.17, 15) is 13.2 Å². The third-order valence-corrected chi connectivity index (χ3v) is 4.98. The Morgan fingerprint density at radius 3 is 2.57 bits per heavy atom. The molecule has 0 atom stereocenters. The van der Waals surface area contributed by atoms with Gasteiger partial charge in [0.2, 0.25) is 12.7 Å². The lowest BCUT2D eigenvalue weighted by Gasteiger charge is -2.07. The van der Waals surface area contributed by atoms with Gasteiger partial charge in [0.25, 0.3) is 0 Å². The molecule has 3 rings (SSSR count). The Morgan fingerprint density at radius 1 is 1.04 bits per heavy atom. The van der Waals surface area contributed by atoms with Crippen molar-refractivity contribution < 1.29 is 22.7 Å². The molecule has 2 aromatic carbocycles. The molecule has 7 heteroatoms. The predicted octanol–water partition coefficient (Wildman–Crippen LogP) is 1.51. The maximum atomic E-state index is 12.1. The Labute approximate surface area is 134 Å². The summed E-state index contributed by atoms with van der Waals surface area (Å²) in [5, 5.41) is 2.60. The fourth-order valence-electron chi connectivity index (χ4n) is 2.19. The van der Waals surface area contributed by atoms with E-state index in [2.05, 4.69) is 5.32 Å². The molecule has 120 valence electrons. The van der Waals surface area contributed by atoms with E-state index < -0.39 is 21.5 Å². The molecule has 0 unspecified atom stereocenters. The Bertz CT molecular complexity index is 818. The summed E-state index contributed by atoms with van der Waals surface area (Å²) in [6.45, 7) is 0.403. The highest BCUT2D eigenvalue weighted by atomic mass is 32.2. The molecular formula is C16H15NO5S. The SMILES string of the molecule is O=C(CS(=O)(=O)c1ccccc1)NCc1ccc2c(c1)OCO2. The molecule has 1 aliphatic heterocycles. The molecular weight excluding hydrogens is 318 g/mol. The van der Waals surface area contributed by atoms with E-state index in [0.29, 0.717) is 11.5 Å². The number of amides is 1. The zero-order valence-electron chi connectivity index (χ0n) is 12.2. The van der Waals surface area contributed by atoms with E-state index >= 15 is 0 Å². The average molecular weight is 333 g/mol. The highest BCUT2D eigenvalue weighted by Crippen LogP contribution is 2.32. The average Bonchev–Trinajstić information content (AvgIpc) is 3.01. The number of hydrogen-bond donors (Lipinski definition) is 1. The van der Waals surface area contributed by atoms with Gasteiger partial charge < -0.3 is 14.8 Å². The summed E-state index contributed by atoms with van der Waals surface area (Å²) in [4.78, 5) is 12.0. The maximum Gasteiger partial charge on any atom is 0.235 e. The largest absolute Gasteiger partial charge is 0.454 e. The van der Waals surface area contributed by atoms with Gasteiger partial charge in [0, 0.05) is 6.54 Å². The first-order valence-corrected chi connectivity index (χ1v) is 8.63. The van der Waals surface area contributed by atoms with Gasteiger partial charge in [-0.05, 0) is 29.8 Å². The summed E-state index contributed by atoms with van der Waals surface area (Å²) in [7, 11) is -3.63. The molecule has 1 N–H and O–H groups in total. The van der Waals surface area contributed by atoms with Crippen molar-refractivity contribution in [1.29, 1.82) is 0 Å². The second kappa shape index (κ2) is 6.29. The van der Waals surface area contributed by atoms with Crippen LogP contribution in [0, 0.1) is 0 Å². The molecule has 6 nitrogen and oxygen atoms in total. The minimum Gasteiger partial charge on any atom is -0.454 e. The van der Waals surface area contributed by atoms with Crippen molar-refractivity contribution in [1.82, 2.24) is 5.32 Å². The molecule has 0 aromatic heterocycles. The first-order valence-electron chi connectivity index (χ1n) is 6.98. The van der Waals surface area contributed by atoms with Gasteiger partial charge in [0.15, 0.2) is 21.3 Å². The van der Waals surface area contributed by atoms with Crippen LogP contribution in [0.2, 0.25) is 0 Å². The second-order valence-corrected chi connectivity index (χ2v) is 7.03. The Morgan fingerprint density at radius 2 is 1.78 bits per heavy atom. The topological polar surface area (TPSA) is 81.7 Å². The second-order valence-electron chi connectivity index (χ2n) is 5.04. The normalized spacial score (nSPS) is 12.9. The van der Waals surface area contributed by atoms with E-state index in [1.165, 1.54) is 12.1 Å². The van der Waals surface area contributed by atoms with E-state index in [1.54, 1.807) is 36.4 Å². The standard InChI is InChI=1S/C16H15NO5S/c18-16(10-23(19,20)13-4-2-1-3-5-13)17-9-12-6-7-14-15(8-12)22-11-21-14/h1-8H,9-11H2,(H,17,18). The third kappa shape index (κ3) is 3.62. The summed E-state index contributed by atoms with van der Waals surface area (Å²) in [5.74, 6) is 0.147. The van der Waals surface area contributed by atoms with E-state index in [1.807, 2.05) is 0 Å². The van der Waals surface area contributed by atoms with Gasteiger partial charge in [-0.3, -0.25) is 4.79 Å². The number of sulfone groups is 1. The Kier molecular flexibility index (Phi) is 4.20. The van der Waals surface area contributed by atoms with Crippen LogP contribution in [0.4, 0.5) is 0 Å². The van der Waals surface area contributed by atoms with Crippen LogP contribution in [0.1, 0.15) is 5.56 Å². The molecule has 1 amide bonds. The number of fused-ring (bicyclic) bond motifs is 1. The highest BCUT2D eigenvalue weighted by Gasteiger charge is 2.19. The van der Waals surface area contributed by atoms with Crippen molar-refractivity contribution in [2.24, 2.45) is 0 Å². The molecule has 23 heavy (non-hydrogen) atoms. The van der Waals surface area contributed by atoms with Crippen molar-refractivity contribution in [2.75, 3.05) is 12.5 Å². The van der Waals surface area contributed by atoms with Crippen molar-refractivity contribution in [2.45, 2.75) is 11.4 Å². The minimum atomic E-state index is -3.63. The number of benzene rings is 2. The maximum absolute atomic E-state index is 12.1. The number of ether oxygens (including phenoxy) is 2. The molecule has 0 radical (unpaired) electrons. The number of hydrogen-bond acceptors (Lipinski definition) is 5. The fourth-order valence-corrected chi connectivity index (χ4v) is 3.37. The van der Waals surface area contributed by atoms with Gasteiger partial charge in [0.1, 0.15) is 5.75 Å². The highest BCUT2D eigenvalue weighted by molar-refractivity contribution is 7.92. The third-order valence-electron chi connectivity index (χ3n) is 3.35. The number of nitrogens with one attached hydrogen (secondary N) is 1.